The number of carbonyl (C=O) groups is 3. The molecule has 0 bridgehead atoms. The highest BCUT2D eigenvalue weighted by Gasteiger charge is 2.20. The van der Waals surface area contributed by atoms with E-state index in [1.54, 1.807) is 20.3 Å². The maximum absolute atomic E-state index is 13.2. The Balaban J connectivity index is 1.09. The number of nitrogens with one attached hydrogen (secondary N) is 2. The first-order chi connectivity index (χ1) is 23.3. The van der Waals surface area contributed by atoms with E-state index in [0.29, 0.717) is 11.3 Å². The summed E-state index contributed by atoms with van der Waals surface area (Å²) in [5.41, 5.74) is 5.93. The zero-order valence-electron chi connectivity index (χ0n) is 27.0. The molecule has 0 atom stereocenters. The van der Waals surface area contributed by atoms with Gasteiger partial charge in [-0.1, -0.05) is 30.3 Å². The molecule has 10 nitrogen and oxygen atoms in total. The van der Waals surface area contributed by atoms with Gasteiger partial charge in [0.25, 0.3) is 11.8 Å². The lowest BCUT2D eigenvalue weighted by Gasteiger charge is -2.29. The molecule has 0 unspecified atom stereocenters. The average Bonchev–Trinajstić information content (AvgIpc) is 3.13. The van der Waals surface area contributed by atoms with Gasteiger partial charge >= 0.3 is 5.97 Å². The van der Waals surface area contributed by atoms with Gasteiger partial charge in [-0.25, -0.2) is 4.79 Å². The molecular weight excluding hydrogens is 608 g/mol. The predicted octanol–water partition coefficient (Wildman–Crippen LogP) is 6.14. The zero-order chi connectivity index (χ0) is 33.6. The number of pyridine rings is 1. The smallest absolute Gasteiger partial charge is 0.339 e. The summed E-state index contributed by atoms with van der Waals surface area (Å²) < 4.78 is 15.9. The van der Waals surface area contributed by atoms with Crippen molar-refractivity contribution in [1.29, 1.82) is 0 Å². The summed E-state index contributed by atoms with van der Waals surface area (Å²) in [7, 11) is 4.57. The van der Waals surface area contributed by atoms with Gasteiger partial charge in [0, 0.05) is 42.5 Å². The van der Waals surface area contributed by atoms with Gasteiger partial charge in [0.2, 0.25) is 0 Å². The fourth-order valence-electron chi connectivity index (χ4n) is 5.84. The highest BCUT2D eigenvalue weighted by atomic mass is 16.5. The van der Waals surface area contributed by atoms with Crippen LogP contribution in [0.3, 0.4) is 0 Å². The molecule has 244 valence electrons. The number of para-hydroxylation sites is 1. The second-order valence-electron chi connectivity index (χ2n) is 11.5. The van der Waals surface area contributed by atoms with Gasteiger partial charge in [-0.05, 0) is 84.1 Å². The Morgan fingerprint density at radius 3 is 2.27 bits per heavy atom. The molecule has 0 fully saturated rings. The van der Waals surface area contributed by atoms with Crippen molar-refractivity contribution < 1.29 is 28.6 Å². The summed E-state index contributed by atoms with van der Waals surface area (Å²) in [6.45, 7) is 2.71. The van der Waals surface area contributed by atoms with Gasteiger partial charge < -0.3 is 24.8 Å². The summed E-state index contributed by atoms with van der Waals surface area (Å²) in [5.74, 6) is 0.00582. The Hall–Kier alpha value is -5.74. The molecule has 0 saturated heterocycles. The predicted molar refractivity (Wildman–Crippen MR) is 184 cm³/mol. The van der Waals surface area contributed by atoms with E-state index in [2.05, 4.69) is 32.7 Å². The molecule has 0 radical (unpaired) electrons. The molecule has 2 heterocycles. The molecular formula is C38H36N4O6. The van der Waals surface area contributed by atoms with Crippen LogP contribution < -0.4 is 20.1 Å². The average molecular weight is 645 g/mol. The minimum Gasteiger partial charge on any atom is -0.493 e. The third-order valence-electron chi connectivity index (χ3n) is 8.51. The quantitative estimate of drug-likeness (QED) is 0.174. The topological polar surface area (TPSA) is 119 Å². The lowest BCUT2D eigenvalue weighted by atomic mass is 9.98. The number of hydrogen-bond acceptors (Lipinski definition) is 8. The van der Waals surface area contributed by atoms with Crippen LogP contribution in [0.1, 0.15) is 47.8 Å². The summed E-state index contributed by atoms with van der Waals surface area (Å²) in [4.78, 5) is 45.7. The number of amides is 2. The van der Waals surface area contributed by atoms with E-state index in [1.807, 2.05) is 48.5 Å². The first-order valence-corrected chi connectivity index (χ1v) is 15.6. The number of aromatic nitrogens is 1. The summed E-state index contributed by atoms with van der Waals surface area (Å²) in [6.07, 6.45) is 3.28. The second-order valence-corrected chi connectivity index (χ2v) is 11.5. The first kappa shape index (κ1) is 32.2. The highest BCUT2D eigenvalue weighted by molar-refractivity contribution is 6.11. The SMILES string of the molecule is COC(=O)c1ccc(C(=O)Nc2ccc(CCN3CCc4cc(OC)c(OC)cc4C3)cc2)cc1NC(=O)c1cnc2ccccc2c1. The minimum absolute atomic E-state index is 0.122. The Morgan fingerprint density at radius 2 is 1.52 bits per heavy atom. The number of nitrogens with zero attached hydrogens (tertiary/aromatic N) is 2. The third kappa shape index (κ3) is 7.13. The summed E-state index contributed by atoms with van der Waals surface area (Å²) >= 11 is 0. The zero-order valence-corrected chi connectivity index (χ0v) is 27.0. The molecule has 10 heteroatoms. The number of ether oxygens (including phenoxy) is 3. The molecule has 1 aromatic heterocycles. The van der Waals surface area contributed by atoms with Crippen LogP contribution in [-0.2, 0) is 24.1 Å². The van der Waals surface area contributed by atoms with Crippen LogP contribution in [0.2, 0.25) is 0 Å². The fourth-order valence-corrected chi connectivity index (χ4v) is 5.84. The molecule has 2 N–H and O–H groups in total. The molecule has 0 spiro atoms. The van der Waals surface area contributed by atoms with Crippen molar-refractivity contribution in [2.45, 2.75) is 19.4 Å². The van der Waals surface area contributed by atoms with Crippen molar-refractivity contribution in [3.05, 3.63) is 125 Å². The van der Waals surface area contributed by atoms with Crippen LogP contribution in [0, 0.1) is 0 Å². The number of benzene rings is 4. The number of hydrogen-bond donors (Lipinski definition) is 2. The molecule has 48 heavy (non-hydrogen) atoms. The second kappa shape index (κ2) is 14.4. The lowest BCUT2D eigenvalue weighted by molar-refractivity contribution is 0.0601. The Bertz CT molecular complexity index is 1990. The Kier molecular flexibility index (Phi) is 9.63. The van der Waals surface area contributed by atoms with Crippen molar-refractivity contribution in [3.8, 4) is 11.5 Å². The van der Waals surface area contributed by atoms with Crippen molar-refractivity contribution in [1.82, 2.24) is 9.88 Å². The number of methoxy groups -OCH3 is 3. The molecule has 4 aromatic carbocycles. The van der Waals surface area contributed by atoms with Crippen LogP contribution in [0.25, 0.3) is 10.9 Å². The van der Waals surface area contributed by atoms with E-state index in [0.717, 1.165) is 60.4 Å². The molecule has 2 amide bonds. The molecule has 5 aromatic rings. The normalized spacial score (nSPS) is 12.6. The molecule has 0 aliphatic carbocycles. The van der Waals surface area contributed by atoms with Crippen molar-refractivity contribution in [2.75, 3.05) is 45.1 Å². The van der Waals surface area contributed by atoms with Crippen LogP contribution in [0.4, 0.5) is 11.4 Å². The van der Waals surface area contributed by atoms with E-state index in [4.69, 9.17) is 14.2 Å². The van der Waals surface area contributed by atoms with Crippen molar-refractivity contribution >= 4 is 40.1 Å². The van der Waals surface area contributed by atoms with Crippen LogP contribution >= 0.6 is 0 Å². The Labute approximate surface area is 278 Å². The molecule has 0 saturated carbocycles. The van der Waals surface area contributed by atoms with Crippen LogP contribution in [0.5, 0.6) is 11.5 Å². The van der Waals surface area contributed by atoms with Gasteiger partial charge in [-0.2, -0.15) is 0 Å². The van der Waals surface area contributed by atoms with Gasteiger partial charge in [0.15, 0.2) is 11.5 Å². The number of rotatable bonds is 10. The van der Waals surface area contributed by atoms with E-state index in [1.165, 1.54) is 42.6 Å². The summed E-state index contributed by atoms with van der Waals surface area (Å²) in [6, 6.07) is 25.5. The standard InChI is InChI=1S/C38H36N4O6/c1-46-34-20-25-15-17-42(23-29(25)21-35(34)47-2)16-14-24-8-11-30(12-9-24)40-36(43)27-10-13-31(38(45)48-3)33(19-27)41-37(44)28-18-26-6-4-5-7-32(26)39-22-28/h4-13,18-22H,14-17,23H2,1-3H3,(H,40,43)(H,41,44). The largest absolute Gasteiger partial charge is 0.493 e. The Morgan fingerprint density at radius 1 is 0.792 bits per heavy atom. The minimum atomic E-state index is -0.641. The van der Waals surface area contributed by atoms with Crippen molar-refractivity contribution in [2.24, 2.45) is 0 Å². The van der Waals surface area contributed by atoms with Gasteiger partial charge in [-0.15, -0.1) is 0 Å². The summed E-state index contributed by atoms with van der Waals surface area (Å²) in [5, 5.41) is 6.46. The van der Waals surface area contributed by atoms with E-state index in [-0.39, 0.29) is 22.7 Å². The third-order valence-corrected chi connectivity index (χ3v) is 8.51. The van der Waals surface area contributed by atoms with Gasteiger partial charge in [0.1, 0.15) is 0 Å². The monoisotopic (exact) mass is 644 g/mol. The number of fused-ring (bicyclic) bond motifs is 2. The fraction of sp³-hybridized carbons (Fsp3) is 0.211. The van der Waals surface area contributed by atoms with Crippen LogP contribution in [-0.4, -0.2) is 62.1 Å². The lowest BCUT2D eigenvalue weighted by Crippen LogP contribution is -2.32. The maximum atomic E-state index is 13.2. The van der Waals surface area contributed by atoms with Gasteiger partial charge in [0.05, 0.1) is 43.7 Å². The van der Waals surface area contributed by atoms with E-state index < -0.39 is 11.9 Å². The van der Waals surface area contributed by atoms with E-state index >= 15 is 0 Å². The molecule has 1 aliphatic heterocycles. The first-order valence-electron chi connectivity index (χ1n) is 15.6. The number of esters is 1. The molecule has 1 aliphatic rings. The van der Waals surface area contributed by atoms with Gasteiger partial charge in [-0.3, -0.25) is 19.5 Å². The highest BCUT2D eigenvalue weighted by Crippen LogP contribution is 2.33. The number of carbonyl (C=O) groups excluding carboxylic acids is 3. The van der Waals surface area contributed by atoms with Crippen molar-refractivity contribution in [3.63, 3.8) is 0 Å². The maximum Gasteiger partial charge on any atom is 0.339 e. The van der Waals surface area contributed by atoms with E-state index in [9.17, 15) is 14.4 Å². The molecule has 6 rings (SSSR count). The number of anilines is 2. The van der Waals surface area contributed by atoms with Crippen LogP contribution in [0.15, 0.2) is 91.1 Å².